The van der Waals surface area contributed by atoms with Gasteiger partial charge in [0.25, 0.3) is 0 Å². The number of unbranched alkanes of at least 4 members (excludes halogenated alkanes) is 9. The molecule has 132 valence electrons. The van der Waals surface area contributed by atoms with Crippen LogP contribution in [0.1, 0.15) is 109 Å². The van der Waals surface area contributed by atoms with E-state index in [0.29, 0.717) is 0 Å². The molecule has 0 atom stereocenters. The number of rotatable bonds is 11. The second kappa shape index (κ2) is 16.1. The van der Waals surface area contributed by atoms with Gasteiger partial charge in [-0.1, -0.05) is 127 Å². The fourth-order valence-electron chi connectivity index (χ4n) is 3.35. The van der Waals surface area contributed by atoms with Crippen LogP contribution in [0.5, 0.6) is 0 Å². The topological polar surface area (TPSA) is 0 Å². The van der Waals surface area contributed by atoms with Gasteiger partial charge in [-0.05, 0) is 18.4 Å². The van der Waals surface area contributed by atoms with E-state index in [4.69, 9.17) is 0 Å². The lowest BCUT2D eigenvalue weighted by Crippen LogP contribution is -1.86. The van der Waals surface area contributed by atoms with Crippen LogP contribution in [0, 0.1) is 0 Å². The molecule has 1 aliphatic carbocycles. The maximum atomic E-state index is 2.28. The number of benzene rings is 1. The van der Waals surface area contributed by atoms with Gasteiger partial charge in [-0.15, -0.1) is 0 Å². The Hall–Kier alpha value is -0.780. The van der Waals surface area contributed by atoms with Crippen LogP contribution >= 0.6 is 0 Å². The molecule has 1 saturated carbocycles. The Morgan fingerprint density at radius 1 is 0.565 bits per heavy atom. The zero-order valence-electron chi connectivity index (χ0n) is 15.7. The van der Waals surface area contributed by atoms with Crippen molar-refractivity contribution in [2.24, 2.45) is 0 Å². The summed E-state index contributed by atoms with van der Waals surface area (Å²) in [6.45, 7) is 2.28. The molecule has 1 aromatic rings. The van der Waals surface area contributed by atoms with E-state index in [1.54, 1.807) is 0 Å². The first-order chi connectivity index (χ1) is 11.4. The first-order valence-corrected chi connectivity index (χ1v) is 10.5. The third kappa shape index (κ3) is 13.4. The molecule has 0 nitrogen and oxygen atoms in total. The van der Waals surface area contributed by atoms with Crippen LogP contribution in [-0.4, -0.2) is 0 Å². The van der Waals surface area contributed by atoms with Gasteiger partial charge >= 0.3 is 0 Å². The Kier molecular flexibility index (Phi) is 14.2. The normalized spacial score (nSPS) is 13.6. The molecule has 0 saturated heterocycles. The molecule has 0 spiro atoms. The van der Waals surface area contributed by atoms with Crippen molar-refractivity contribution in [2.75, 3.05) is 0 Å². The predicted octanol–water partition coefficient (Wildman–Crippen LogP) is 8.10. The Bertz CT molecular complexity index is 316. The molecule has 0 aliphatic heterocycles. The van der Waals surface area contributed by atoms with Crippen LogP contribution in [0.15, 0.2) is 30.3 Å². The van der Waals surface area contributed by atoms with E-state index >= 15 is 0 Å². The third-order valence-corrected chi connectivity index (χ3v) is 4.91. The second-order valence-electron chi connectivity index (χ2n) is 7.19. The fourth-order valence-corrected chi connectivity index (χ4v) is 3.35. The van der Waals surface area contributed by atoms with Gasteiger partial charge in [-0.2, -0.15) is 0 Å². The molecular formula is C23H40. The molecule has 1 aromatic carbocycles. The van der Waals surface area contributed by atoms with Gasteiger partial charge in [0.05, 0.1) is 0 Å². The van der Waals surface area contributed by atoms with E-state index in [1.807, 2.05) is 0 Å². The van der Waals surface area contributed by atoms with E-state index in [9.17, 15) is 0 Å². The van der Waals surface area contributed by atoms with Gasteiger partial charge in [0, 0.05) is 0 Å². The largest absolute Gasteiger partial charge is 0.0654 e. The van der Waals surface area contributed by atoms with Gasteiger partial charge in [-0.25, -0.2) is 0 Å². The summed E-state index contributed by atoms with van der Waals surface area (Å²) >= 11 is 0. The first-order valence-electron chi connectivity index (χ1n) is 10.5. The summed E-state index contributed by atoms with van der Waals surface area (Å²) in [7, 11) is 0. The van der Waals surface area contributed by atoms with Crippen molar-refractivity contribution in [1.82, 2.24) is 0 Å². The lowest BCUT2D eigenvalue weighted by atomic mass is 10.0. The number of hydrogen-bond donors (Lipinski definition) is 0. The van der Waals surface area contributed by atoms with Crippen LogP contribution in [0.4, 0.5) is 0 Å². The van der Waals surface area contributed by atoms with Crippen LogP contribution in [0.2, 0.25) is 0 Å². The molecular weight excluding hydrogens is 276 g/mol. The van der Waals surface area contributed by atoms with E-state index in [1.165, 1.54) is 108 Å². The number of aryl methyl sites for hydroxylation is 1. The zero-order chi connectivity index (χ0) is 16.4. The van der Waals surface area contributed by atoms with Crippen molar-refractivity contribution >= 4 is 0 Å². The highest BCUT2D eigenvalue weighted by molar-refractivity contribution is 5.14. The molecule has 0 radical (unpaired) electrons. The van der Waals surface area contributed by atoms with Gasteiger partial charge < -0.3 is 0 Å². The van der Waals surface area contributed by atoms with Crippen LogP contribution < -0.4 is 0 Å². The van der Waals surface area contributed by atoms with E-state index in [0.717, 1.165) is 0 Å². The summed E-state index contributed by atoms with van der Waals surface area (Å²) < 4.78 is 0. The highest BCUT2D eigenvalue weighted by Gasteiger charge is 1.95. The van der Waals surface area contributed by atoms with Crippen molar-refractivity contribution in [3.8, 4) is 0 Å². The average Bonchev–Trinajstić information content (AvgIpc) is 3.17. The van der Waals surface area contributed by atoms with Crippen LogP contribution in [-0.2, 0) is 6.42 Å². The van der Waals surface area contributed by atoms with E-state index < -0.39 is 0 Å². The quantitative estimate of drug-likeness (QED) is 0.362. The molecule has 0 heterocycles. The van der Waals surface area contributed by atoms with Crippen LogP contribution in [0.25, 0.3) is 0 Å². The van der Waals surface area contributed by atoms with Gasteiger partial charge in [0.15, 0.2) is 0 Å². The molecule has 0 N–H and O–H groups in total. The summed E-state index contributed by atoms with van der Waals surface area (Å²) in [5.74, 6) is 0. The lowest BCUT2D eigenvalue weighted by molar-refractivity contribution is 0.556. The summed E-state index contributed by atoms with van der Waals surface area (Å²) in [6.07, 6.45) is 23.0. The Labute approximate surface area is 146 Å². The molecule has 0 aromatic heterocycles. The van der Waals surface area contributed by atoms with Crippen molar-refractivity contribution in [3.63, 3.8) is 0 Å². The first kappa shape index (κ1) is 20.3. The predicted molar refractivity (Wildman–Crippen MR) is 105 cm³/mol. The molecule has 0 amide bonds. The van der Waals surface area contributed by atoms with E-state index in [-0.39, 0.29) is 0 Å². The summed E-state index contributed by atoms with van der Waals surface area (Å²) in [5.41, 5.74) is 1.50. The van der Waals surface area contributed by atoms with Gasteiger partial charge in [-0.3, -0.25) is 0 Å². The number of hydrogen-bond acceptors (Lipinski definition) is 0. The fraction of sp³-hybridized carbons (Fsp3) is 0.739. The molecule has 2 rings (SSSR count). The minimum Gasteiger partial charge on any atom is -0.0654 e. The minimum absolute atomic E-state index is 1.26. The van der Waals surface area contributed by atoms with Crippen LogP contribution in [0.3, 0.4) is 0 Å². The Morgan fingerprint density at radius 2 is 1.00 bits per heavy atom. The standard InChI is InChI=1S/C18H30.C5H10/c1-2-3-4-5-6-7-8-9-10-12-15-18-16-13-11-14-17-18;1-2-4-5-3-1/h11,13-14,16-17H,2-10,12,15H2,1H3;1-5H2. The molecule has 0 unspecified atom stereocenters. The van der Waals surface area contributed by atoms with E-state index in [2.05, 4.69) is 37.3 Å². The summed E-state index contributed by atoms with van der Waals surface area (Å²) in [4.78, 5) is 0. The highest BCUT2D eigenvalue weighted by atomic mass is 14.0. The minimum atomic E-state index is 1.26. The van der Waals surface area contributed by atoms with Gasteiger partial charge in [0.2, 0.25) is 0 Å². The maximum Gasteiger partial charge on any atom is -0.0279 e. The zero-order valence-corrected chi connectivity index (χ0v) is 15.7. The van der Waals surface area contributed by atoms with Crippen molar-refractivity contribution < 1.29 is 0 Å². The Balaban J connectivity index is 0.000000446. The average molecular weight is 317 g/mol. The summed E-state index contributed by atoms with van der Waals surface area (Å²) in [6, 6.07) is 10.9. The molecule has 0 heteroatoms. The SMILES string of the molecule is C1CCCC1.CCCCCCCCCCCCc1ccccc1. The van der Waals surface area contributed by atoms with Crippen molar-refractivity contribution in [3.05, 3.63) is 35.9 Å². The third-order valence-electron chi connectivity index (χ3n) is 4.91. The lowest BCUT2D eigenvalue weighted by Gasteiger charge is -2.03. The summed E-state index contributed by atoms with van der Waals surface area (Å²) in [5, 5.41) is 0. The van der Waals surface area contributed by atoms with Crippen molar-refractivity contribution in [2.45, 2.75) is 110 Å². The second-order valence-corrected chi connectivity index (χ2v) is 7.19. The van der Waals surface area contributed by atoms with Gasteiger partial charge in [0.1, 0.15) is 0 Å². The molecule has 0 bridgehead atoms. The molecule has 1 fully saturated rings. The van der Waals surface area contributed by atoms with Crippen molar-refractivity contribution in [1.29, 1.82) is 0 Å². The molecule has 1 aliphatic rings. The monoisotopic (exact) mass is 316 g/mol. The highest BCUT2D eigenvalue weighted by Crippen LogP contribution is 2.15. The smallest absolute Gasteiger partial charge is 0.0279 e. The maximum absolute atomic E-state index is 2.28. The Morgan fingerprint density at radius 3 is 1.48 bits per heavy atom. The molecule has 23 heavy (non-hydrogen) atoms.